The summed E-state index contributed by atoms with van der Waals surface area (Å²) in [5.74, 6) is 0.801. The third-order valence-electron chi connectivity index (χ3n) is 3.16. The second-order valence-electron chi connectivity index (χ2n) is 4.71. The van der Waals surface area contributed by atoms with Crippen LogP contribution in [0.2, 0.25) is 0 Å². The van der Waals surface area contributed by atoms with Crippen LogP contribution < -0.4 is 15.8 Å². The molecular formula is C15H24N2O3. The zero-order valence-corrected chi connectivity index (χ0v) is 12.4. The summed E-state index contributed by atoms with van der Waals surface area (Å²) in [6.45, 7) is 2.95. The molecule has 0 saturated carbocycles. The van der Waals surface area contributed by atoms with Gasteiger partial charge < -0.3 is 20.5 Å². The van der Waals surface area contributed by atoms with Gasteiger partial charge in [0.05, 0.1) is 19.6 Å². The highest BCUT2D eigenvalue weighted by molar-refractivity contribution is 5.76. The Balaban J connectivity index is 2.44. The first-order chi connectivity index (χ1) is 9.60. The zero-order valence-electron chi connectivity index (χ0n) is 12.4. The topological polar surface area (TPSA) is 73.6 Å². The highest BCUT2D eigenvalue weighted by atomic mass is 16.5. The van der Waals surface area contributed by atoms with Crippen molar-refractivity contribution < 1.29 is 14.3 Å². The molecule has 0 aliphatic heterocycles. The summed E-state index contributed by atoms with van der Waals surface area (Å²) in [7, 11) is 3.21. The summed E-state index contributed by atoms with van der Waals surface area (Å²) in [5.41, 5.74) is 7.75. The van der Waals surface area contributed by atoms with Crippen molar-refractivity contribution in [3.8, 4) is 5.75 Å². The number of hydrogen-bond acceptors (Lipinski definition) is 4. The Morgan fingerprint density at radius 3 is 2.75 bits per heavy atom. The van der Waals surface area contributed by atoms with Gasteiger partial charge >= 0.3 is 0 Å². The number of aryl methyl sites for hydroxylation is 1. The van der Waals surface area contributed by atoms with Crippen LogP contribution in [0.4, 0.5) is 0 Å². The number of nitrogens with one attached hydrogen (secondary N) is 1. The number of methoxy groups -OCH3 is 2. The van der Waals surface area contributed by atoms with Crippen molar-refractivity contribution in [1.82, 2.24) is 5.32 Å². The Morgan fingerprint density at radius 2 is 2.15 bits per heavy atom. The molecular weight excluding hydrogens is 256 g/mol. The van der Waals surface area contributed by atoms with E-state index in [0.717, 1.165) is 17.7 Å². The van der Waals surface area contributed by atoms with Gasteiger partial charge in [-0.05, 0) is 25.0 Å². The molecule has 1 aromatic carbocycles. The minimum atomic E-state index is -0.219. The molecule has 5 nitrogen and oxygen atoms in total. The maximum atomic E-state index is 11.7. The number of amides is 1. The Bertz CT molecular complexity index is 431. The molecule has 3 N–H and O–H groups in total. The first-order valence-corrected chi connectivity index (χ1v) is 6.73. The van der Waals surface area contributed by atoms with Gasteiger partial charge in [-0.1, -0.05) is 17.7 Å². The van der Waals surface area contributed by atoms with Gasteiger partial charge in [-0.25, -0.2) is 0 Å². The van der Waals surface area contributed by atoms with Crippen LogP contribution in [0.3, 0.4) is 0 Å². The van der Waals surface area contributed by atoms with Crippen molar-refractivity contribution in [1.29, 1.82) is 0 Å². The molecule has 1 aromatic rings. The molecule has 1 atom stereocenters. The molecule has 112 valence electrons. The van der Waals surface area contributed by atoms with Crippen LogP contribution in [-0.2, 0) is 16.0 Å². The average Bonchev–Trinajstić information content (AvgIpc) is 2.45. The number of hydrogen-bond donors (Lipinski definition) is 2. The molecule has 1 unspecified atom stereocenters. The van der Waals surface area contributed by atoms with E-state index in [1.165, 1.54) is 5.56 Å². The van der Waals surface area contributed by atoms with E-state index in [9.17, 15) is 4.79 Å². The van der Waals surface area contributed by atoms with Gasteiger partial charge in [-0.2, -0.15) is 0 Å². The Kier molecular flexibility index (Phi) is 7.04. The van der Waals surface area contributed by atoms with Crippen LogP contribution in [0.5, 0.6) is 5.75 Å². The van der Waals surface area contributed by atoms with E-state index < -0.39 is 0 Å². The molecule has 1 rings (SSSR count). The van der Waals surface area contributed by atoms with Gasteiger partial charge in [0.2, 0.25) is 5.91 Å². The largest absolute Gasteiger partial charge is 0.496 e. The minimum absolute atomic E-state index is 0.0473. The summed E-state index contributed by atoms with van der Waals surface area (Å²) >= 11 is 0. The van der Waals surface area contributed by atoms with Gasteiger partial charge in [0, 0.05) is 20.2 Å². The third kappa shape index (κ3) is 5.19. The van der Waals surface area contributed by atoms with Gasteiger partial charge in [0.1, 0.15) is 5.75 Å². The van der Waals surface area contributed by atoms with Crippen LogP contribution in [0.15, 0.2) is 18.2 Å². The van der Waals surface area contributed by atoms with E-state index in [-0.39, 0.29) is 18.4 Å². The molecule has 0 fully saturated rings. The second kappa shape index (κ2) is 8.55. The maximum Gasteiger partial charge on any atom is 0.222 e. The summed E-state index contributed by atoms with van der Waals surface area (Å²) in [4.78, 5) is 11.7. The van der Waals surface area contributed by atoms with E-state index >= 15 is 0 Å². The Morgan fingerprint density at radius 1 is 1.40 bits per heavy atom. The van der Waals surface area contributed by atoms with E-state index in [2.05, 4.69) is 11.4 Å². The molecule has 1 amide bonds. The lowest BCUT2D eigenvalue weighted by atomic mass is 10.1. The summed E-state index contributed by atoms with van der Waals surface area (Å²) < 4.78 is 10.4. The SMILES string of the molecule is COc1ccc(C)cc1CCNC(=O)CC(CN)OC. The van der Waals surface area contributed by atoms with Gasteiger partial charge in [0.25, 0.3) is 0 Å². The minimum Gasteiger partial charge on any atom is -0.496 e. The molecule has 0 radical (unpaired) electrons. The molecule has 0 bridgehead atoms. The standard InChI is InChI=1S/C15H24N2O3/c1-11-4-5-14(20-3)12(8-11)6-7-17-15(18)9-13(10-16)19-2/h4-5,8,13H,6-7,9-10,16H2,1-3H3,(H,17,18). The fourth-order valence-electron chi connectivity index (χ4n) is 1.98. The van der Waals surface area contributed by atoms with Crippen LogP contribution >= 0.6 is 0 Å². The summed E-state index contributed by atoms with van der Waals surface area (Å²) in [6, 6.07) is 6.02. The quantitative estimate of drug-likeness (QED) is 0.746. The fraction of sp³-hybridized carbons (Fsp3) is 0.533. The van der Waals surface area contributed by atoms with Crippen molar-refractivity contribution in [2.75, 3.05) is 27.3 Å². The number of benzene rings is 1. The van der Waals surface area contributed by atoms with Crippen LogP contribution in [0.25, 0.3) is 0 Å². The maximum absolute atomic E-state index is 11.7. The number of carbonyl (C=O) groups excluding carboxylic acids is 1. The van der Waals surface area contributed by atoms with Crippen molar-refractivity contribution in [2.45, 2.75) is 25.9 Å². The summed E-state index contributed by atoms with van der Waals surface area (Å²) in [5, 5.41) is 2.87. The normalized spacial score (nSPS) is 12.0. The summed E-state index contributed by atoms with van der Waals surface area (Å²) in [6.07, 6.45) is 0.804. The molecule has 0 saturated heterocycles. The Labute approximate surface area is 120 Å². The number of rotatable bonds is 8. The third-order valence-corrected chi connectivity index (χ3v) is 3.16. The Hall–Kier alpha value is -1.59. The van der Waals surface area contributed by atoms with Crippen LogP contribution in [0.1, 0.15) is 17.5 Å². The van der Waals surface area contributed by atoms with Crippen LogP contribution in [-0.4, -0.2) is 39.3 Å². The van der Waals surface area contributed by atoms with Gasteiger partial charge in [-0.15, -0.1) is 0 Å². The molecule has 20 heavy (non-hydrogen) atoms. The number of nitrogens with two attached hydrogens (primary N) is 1. The van der Waals surface area contributed by atoms with Crippen molar-refractivity contribution in [3.05, 3.63) is 29.3 Å². The first kappa shape index (κ1) is 16.5. The molecule has 0 aliphatic rings. The van der Waals surface area contributed by atoms with E-state index in [0.29, 0.717) is 13.1 Å². The molecule has 5 heteroatoms. The van der Waals surface area contributed by atoms with Gasteiger partial charge in [-0.3, -0.25) is 4.79 Å². The molecule has 0 heterocycles. The molecule has 0 aromatic heterocycles. The zero-order chi connectivity index (χ0) is 15.0. The molecule has 0 spiro atoms. The highest BCUT2D eigenvalue weighted by Crippen LogP contribution is 2.19. The van der Waals surface area contributed by atoms with E-state index in [4.69, 9.17) is 15.2 Å². The predicted molar refractivity (Wildman–Crippen MR) is 78.9 cm³/mol. The van der Waals surface area contributed by atoms with Crippen molar-refractivity contribution in [3.63, 3.8) is 0 Å². The van der Waals surface area contributed by atoms with Crippen molar-refractivity contribution >= 4 is 5.91 Å². The second-order valence-corrected chi connectivity index (χ2v) is 4.71. The smallest absolute Gasteiger partial charge is 0.222 e. The fourth-order valence-corrected chi connectivity index (χ4v) is 1.98. The lowest BCUT2D eigenvalue weighted by molar-refractivity contribution is -0.123. The van der Waals surface area contributed by atoms with Gasteiger partial charge in [0.15, 0.2) is 0 Å². The van der Waals surface area contributed by atoms with Crippen LogP contribution in [0, 0.1) is 6.92 Å². The van der Waals surface area contributed by atoms with E-state index in [1.54, 1.807) is 14.2 Å². The lowest BCUT2D eigenvalue weighted by Gasteiger charge is -2.13. The van der Waals surface area contributed by atoms with Crippen molar-refractivity contribution in [2.24, 2.45) is 5.73 Å². The average molecular weight is 280 g/mol. The predicted octanol–water partition coefficient (Wildman–Crippen LogP) is 1.03. The monoisotopic (exact) mass is 280 g/mol. The number of ether oxygens (including phenoxy) is 2. The lowest BCUT2D eigenvalue weighted by Crippen LogP contribution is -2.33. The highest BCUT2D eigenvalue weighted by Gasteiger charge is 2.11. The number of carbonyl (C=O) groups is 1. The first-order valence-electron chi connectivity index (χ1n) is 6.73. The molecule has 0 aliphatic carbocycles. The van der Waals surface area contributed by atoms with E-state index in [1.807, 2.05) is 19.1 Å².